The van der Waals surface area contributed by atoms with Crippen molar-refractivity contribution in [3.8, 4) is 0 Å². The Bertz CT molecular complexity index is 804. The van der Waals surface area contributed by atoms with E-state index in [4.69, 9.17) is 4.74 Å². The minimum Gasteiger partial charge on any atom is -0.444 e. The molecule has 0 saturated heterocycles. The van der Waals surface area contributed by atoms with Gasteiger partial charge in [0.2, 0.25) is 11.8 Å². The van der Waals surface area contributed by atoms with E-state index < -0.39 is 29.7 Å². The first kappa shape index (κ1) is 30.4. The summed E-state index contributed by atoms with van der Waals surface area (Å²) >= 11 is 0. The Morgan fingerprint density at radius 1 is 1.09 bits per heavy atom. The molecule has 1 rings (SSSR count). The molecule has 0 aliphatic carbocycles. The summed E-state index contributed by atoms with van der Waals surface area (Å²) < 4.78 is 5.39. The molecule has 0 spiro atoms. The summed E-state index contributed by atoms with van der Waals surface area (Å²) in [5.74, 6) is -0.969. The number of ether oxygens (including phenoxy) is 1. The Hall–Kier alpha value is -2.61. The molecule has 0 fully saturated rings. The number of carbonyl (C=O) groups excluding carboxylic acids is 3. The molecule has 3 amide bonds. The molecular weight excluding hydrogens is 446 g/mol. The van der Waals surface area contributed by atoms with Crippen molar-refractivity contribution in [2.45, 2.75) is 91.8 Å². The third-order valence-electron chi connectivity index (χ3n) is 5.81. The zero-order valence-electron chi connectivity index (χ0n) is 22.5. The average Bonchev–Trinajstić information content (AvgIpc) is 2.79. The maximum atomic E-state index is 13.9. The van der Waals surface area contributed by atoms with Crippen LogP contribution in [0.5, 0.6) is 0 Å². The summed E-state index contributed by atoms with van der Waals surface area (Å²) in [7, 11) is 0. The fourth-order valence-corrected chi connectivity index (χ4v) is 3.68. The largest absolute Gasteiger partial charge is 0.444 e. The van der Waals surface area contributed by atoms with Gasteiger partial charge in [-0.15, -0.1) is 0 Å². The topological polar surface area (TPSA) is 108 Å². The second-order valence-electron chi connectivity index (χ2n) is 10.1. The highest BCUT2D eigenvalue weighted by atomic mass is 16.6. The number of amides is 3. The molecular formula is C27H45N3O5. The lowest BCUT2D eigenvalue weighted by atomic mass is 9.95. The number of unbranched alkanes of at least 4 members (excludes halogenated alkanes) is 2. The molecule has 35 heavy (non-hydrogen) atoms. The predicted octanol–water partition coefficient (Wildman–Crippen LogP) is 4.10. The maximum absolute atomic E-state index is 13.9. The number of hydrogen-bond donors (Lipinski definition) is 3. The van der Waals surface area contributed by atoms with Crippen molar-refractivity contribution in [2.24, 2.45) is 5.92 Å². The van der Waals surface area contributed by atoms with Gasteiger partial charge in [0, 0.05) is 13.1 Å². The van der Waals surface area contributed by atoms with Crippen LogP contribution in [-0.4, -0.2) is 59.3 Å². The fraction of sp³-hybridized carbons (Fsp3) is 0.667. The van der Waals surface area contributed by atoms with Crippen LogP contribution in [-0.2, 0) is 14.3 Å². The first-order chi connectivity index (χ1) is 16.4. The van der Waals surface area contributed by atoms with Crippen LogP contribution in [0.1, 0.15) is 84.4 Å². The van der Waals surface area contributed by atoms with Crippen molar-refractivity contribution < 1.29 is 24.2 Å². The maximum Gasteiger partial charge on any atom is 0.408 e. The summed E-state index contributed by atoms with van der Waals surface area (Å²) in [5, 5.41) is 15.5. The number of alkyl carbamates (subject to hydrolysis) is 1. The molecule has 0 saturated carbocycles. The molecule has 8 nitrogen and oxygen atoms in total. The Balaban J connectivity index is 3.35. The van der Waals surface area contributed by atoms with Gasteiger partial charge in [0.1, 0.15) is 17.7 Å². The van der Waals surface area contributed by atoms with E-state index in [9.17, 15) is 19.5 Å². The van der Waals surface area contributed by atoms with Crippen molar-refractivity contribution in [3.63, 3.8) is 0 Å². The minimum atomic E-state index is -0.941. The van der Waals surface area contributed by atoms with Gasteiger partial charge in [-0.25, -0.2) is 4.79 Å². The van der Waals surface area contributed by atoms with E-state index in [-0.39, 0.29) is 25.0 Å². The van der Waals surface area contributed by atoms with Crippen molar-refractivity contribution in [3.05, 3.63) is 35.4 Å². The van der Waals surface area contributed by atoms with E-state index in [0.717, 1.165) is 24.8 Å². The van der Waals surface area contributed by atoms with Gasteiger partial charge < -0.3 is 25.4 Å². The third-order valence-corrected chi connectivity index (χ3v) is 5.81. The van der Waals surface area contributed by atoms with Gasteiger partial charge in [-0.2, -0.15) is 0 Å². The molecule has 0 bridgehead atoms. The smallest absolute Gasteiger partial charge is 0.408 e. The van der Waals surface area contributed by atoms with Gasteiger partial charge >= 0.3 is 6.09 Å². The van der Waals surface area contributed by atoms with Gasteiger partial charge in [0.05, 0.1) is 6.61 Å². The number of benzene rings is 1. The van der Waals surface area contributed by atoms with E-state index >= 15 is 0 Å². The highest BCUT2D eigenvalue weighted by Crippen LogP contribution is 2.25. The highest BCUT2D eigenvalue weighted by molar-refractivity contribution is 5.92. The molecule has 0 aromatic heterocycles. The molecule has 0 aliphatic rings. The van der Waals surface area contributed by atoms with E-state index in [1.807, 2.05) is 45.0 Å². The van der Waals surface area contributed by atoms with Crippen LogP contribution in [0.3, 0.4) is 0 Å². The molecule has 3 unspecified atom stereocenters. The quantitative estimate of drug-likeness (QED) is 0.360. The zero-order valence-corrected chi connectivity index (χ0v) is 22.5. The van der Waals surface area contributed by atoms with Crippen molar-refractivity contribution >= 4 is 17.9 Å². The van der Waals surface area contributed by atoms with Crippen LogP contribution in [0.4, 0.5) is 4.79 Å². The standard InChI is InChI=1S/C27H45N3O5/c1-8-10-11-16-28-24(32)23(21-14-12-19(3)13-15-21)30(17-18-31)25(33)22(20(4)9-2)29-26(34)35-27(5,6)7/h12-15,20,22-23,31H,8-11,16-18H2,1-7H3,(H,28,32)(H,29,34). The van der Waals surface area contributed by atoms with Gasteiger partial charge in [0.25, 0.3) is 0 Å². The SMILES string of the molecule is CCCCCNC(=O)C(c1ccc(C)cc1)N(CCO)C(=O)C(NC(=O)OC(C)(C)C)C(C)CC. The molecule has 3 atom stereocenters. The molecule has 0 radical (unpaired) electrons. The molecule has 8 heteroatoms. The number of aliphatic hydroxyl groups is 1. The normalized spacial score (nSPS) is 13.9. The molecule has 1 aromatic rings. The first-order valence-corrected chi connectivity index (χ1v) is 12.7. The molecule has 198 valence electrons. The van der Waals surface area contributed by atoms with E-state index in [2.05, 4.69) is 17.6 Å². The van der Waals surface area contributed by atoms with Crippen LogP contribution >= 0.6 is 0 Å². The van der Waals surface area contributed by atoms with Crippen LogP contribution in [0.15, 0.2) is 24.3 Å². The van der Waals surface area contributed by atoms with Crippen molar-refractivity contribution in [1.29, 1.82) is 0 Å². The van der Waals surface area contributed by atoms with Gasteiger partial charge in [0.15, 0.2) is 0 Å². The lowest BCUT2D eigenvalue weighted by molar-refractivity contribution is -0.144. The lowest BCUT2D eigenvalue weighted by Gasteiger charge is -2.35. The monoisotopic (exact) mass is 491 g/mol. The fourth-order valence-electron chi connectivity index (χ4n) is 3.68. The Labute approximate surface area is 210 Å². The molecule has 1 aromatic carbocycles. The molecule has 0 heterocycles. The second-order valence-corrected chi connectivity index (χ2v) is 10.1. The number of aryl methyl sites for hydroxylation is 1. The van der Waals surface area contributed by atoms with E-state index in [0.29, 0.717) is 18.5 Å². The van der Waals surface area contributed by atoms with Crippen LogP contribution < -0.4 is 10.6 Å². The summed E-state index contributed by atoms with van der Waals surface area (Å²) in [6.07, 6.45) is 2.78. The summed E-state index contributed by atoms with van der Waals surface area (Å²) in [5.41, 5.74) is 0.950. The number of rotatable bonds is 13. The number of nitrogens with one attached hydrogen (secondary N) is 2. The van der Waals surface area contributed by atoms with Crippen LogP contribution in [0, 0.1) is 12.8 Å². The number of hydrogen-bond acceptors (Lipinski definition) is 5. The van der Waals surface area contributed by atoms with Gasteiger partial charge in [-0.3, -0.25) is 9.59 Å². The highest BCUT2D eigenvalue weighted by Gasteiger charge is 2.37. The zero-order chi connectivity index (χ0) is 26.6. The van der Waals surface area contributed by atoms with Crippen molar-refractivity contribution in [2.75, 3.05) is 19.7 Å². The summed E-state index contributed by atoms with van der Waals surface area (Å²) in [6.45, 7) is 13.2. The second kappa shape index (κ2) is 14.7. The average molecular weight is 492 g/mol. The van der Waals surface area contributed by atoms with Crippen molar-refractivity contribution in [1.82, 2.24) is 15.5 Å². The van der Waals surface area contributed by atoms with E-state index in [1.54, 1.807) is 20.8 Å². The Morgan fingerprint density at radius 3 is 2.23 bits per heavy atom. The third kappa shape index (κ3) is 10.3. The molecule has 3 N–H and O–H groups in total. The molecule has 0 aliphatic heterocycles. The summed E-state index contributed by atoms with van der Waals surface area (Å²) in [4.78, 5) is 41.2. The Kier molecular flexibility index (Phi) is 12.8. The predicted molar refractivity (Wildman–Crippen MR) is 138 cm³/mol. The van der Waals surface area contributed by atoms with Crippen LogP contribution in [0.25, 0.3) is 0 Å². The first-order valence-electron chi connectivity index (χ1n) is 12.7. The summed E-state index contributed by atoms with van der Waals surface area (Å²) in [6, 6.07) is 5.57. The van der Waals surface area contributed by atoms with Crippen LogP contribution in [0.2, 0.25) is 0 Å². The number of carbonyl (C=O) groups is 3. The van der Waals surface area contributed by atoms with Gasteiger partial charge in [-0.1, -0.05) is 69.9 Å². The van der Waals surface area contributed by atoms with Gasteiger partial charge in [-0.05, 0) is 45.6 Å². The minimum absolute atomic E-state index is 0.0529. The number of nitrogens with zero attached hydrogens (tertiary/aromatic N) is 1. The Morgan fingerprint density at radius 2 is 1.71 bits per heavy atom. The number of aliphatic hydroxyl groups excluding tert-OH is 1. The van der Waals surface area contributed by atoms with E-state index in [1.165, 1.54) is 4.90 Å². The lowest BCUT2D eigenvalue weighted by Crippen LogP contribution is -2.55.